The van der Waals surface area contributed by atoms with Crippen LogP contribution in [0.25, 0.3) is 5.65 Å². The van der Waals surface area contributed by atoms with Crippen molar-refractivity contribution in [2.24, 2.45) is 0 Å². The quantitative estimate of drug-likeness (QED) is 0.673. The van der Waals surface area contributed by atoms with Crippen molar-refractivity contribution in [1.29, 1.82) is 0 Å². The number of likely N-dealkylation sites (tertiary alicyclic amines) is 1. The van der Waals surface area contributed by atoms with E-state index in [1.54, 1.807) is 35.6 Å². The molecule has 2 N–H and O–H groups in total. The second-order valence-electron chi connectivity index (χ2n) is 7.78. The van der Waals surface area contributed by atoms with Crippen LogP contribution in [0.15, 0.2) is 42.9 Å². The highest BCUT2D eigenvalue weighted by Gasteiger charge is 2.30. The largest absolute Gasteiger partial charge is 0.348 e. The Morgan fingerprint density at radius 2 is 2.10 bits per heavy atom. The van der Waals surface area contributed by atoms with Crippen molar-refractivity contribution in [3.8, 4) is 0 Å². The standard InChI is InChI=1S/C21H25N7O2/c1-14(2)24-21(30)27-9-7-16(12-27)19-26-25-18-6-5-17(13-28(18)19)20(29)23-11-15-4-3-8-22-10-15/h3-6,8,10,13-14,16H,7,9,11-12H2,1-2H3,(H,23,29)(H,24,30)/t16-/m0/s1. The maximum atomic E-state index is 12.6. The molecule has 0 saturated carbocycles. The molecule has 3 aromatic rings. The van der Waals surface area contributed by atoms with Crippen LogP contribution in [-0.4, -0.2) is 55.6 Å². The first-order valence-corrected chi connectivity index (χ1v) is 10.1. The summed E-state index contributed by atoms with van der Waals surface area (Å²) in [6.45, 7) is 5.54. The molecule has 0 radical (unpaired) electrons. The van der Waals surface area contributed by atoms with Crippen LogP contribution in [-0.2, 0) is 6.54 Å². The van der Waals surface area contributed by atoms with Gasteiger partial charge in [-0.15, -0.1) is 10.2 Å². The lowest BCUT2D eigenvalue weighted by Crippen LogP contribution is -2.41. The molecule has 0 aromatic carbocycles. The number of aromatic nitrogens is 4. The molecule has 3 aromatic heterocycles. The monoisotopic (exact) mass is 407 g/mol. The third-order valence-electron chi connectivity index (χ3n) is 5.12. The van der Waals surface area contributed by atoms with E-state index in [0.29, 0.717) is 30.8 Å². The number of nitrogens with zero attached hydrogens (tertiary/aromatic N) is 5. The summed E-state index contributed by atoms with van der Waals surface area (Å²) >= 11 is 0. The normalized spacial score (nSPS) is 16.2. The van der Waals surface area contributed by atoms with Gasteiger partial charge < -0.3 is 15.5 Å². The minimum absolute atomic E-state index is 0.0585. The van der Waals surface area contributed by atoms with Crippen molar-refractivity contribution in [1.82, 2.24) is 35.1 Å². The highest BCUT2D eigenvalue weighted by atomic mass is 16.2. The van der Waals surface area contributed by atoms with Gasteiger partial charge in [0.25, 0.3) is 5.91 Å². The molecule has 9 heteroatoms. The van der Waals surface area contributed by atoms with E-state index >= 15 is 0 Å². The molecule has 4 rings (SSSR count). The summed E-state index contributed by atoms with van der Waals surface area (Å²) in [7, 11) is 0. The highest BCUT2D eigenvalue weighted by molar-refractivity contribution is 5.94. The summed E-state index contributed by atoms with van der Waals surface area (Å²) in [4.78, 5) is 30.8. The number of urea groups is 1. The van der Waals surface area contributed by atoms with Gasteiger partial charge in [-0.3, -0.25) is 14.2 Å². The van der Waals surface area contributed by atoms with Gasteiger partial charge in [0.05, 0.1) is 5.56 Å². The SMILES string of the molecule is CC(C)NC(=O)N1CC[C@H](c2nnc3ccc(C(=O)NCc4cccnc4)cn23)C1. The molecule has 1 saturated heterocycles. The molecular formula is C21H25N7O2. The summed E-state index contributed by atoms with van der Waals surface area (Å²) in [6.07, 6.45) is 6.00. The molecule has 9 nitrogen and oxygen atoms in total. The molecule has 0 aliphatic carbocycles. The van der Waals surface area contributed by atoms with Crippen LogP contribution >= 0.6 is 0 Å². The van der Waals surface area contributed by atoms with E-state index in [1.165, 1.54) is 0 Å². The van der Waals surface area contributed by atoms with Gasteiger partial charge in [0.15, 0.2) is 5.65 Å². The van der Waals surface area contributed by atoms with Crippen LogP contribution in [0.1, 0.15) is 47.9 Å². The summed E-state index contributed by atoms with van der Waals surface area (Å²) in [5, 5.41) is 14.4. The minimum Gasteiger partial charge on any atom is -0.348 e. The fourth-order valence-electron chi connectivity index (χ4n) is 3.60. The highest BCUT2D eigenvalue weighted by Crippen LogP contribution is 2.26. The number of hydrogen-bond donors (Lipinski definition) is 2. The Morgan fingerprint density at radius 1 is 1.23 bits per heavy atom. The smallest absolute Gasteiger partial charge is 0.317 e. The number of amides is 3. The second-order valence-corrected chi connectivity index (χ2v) is 7.78. The van der Waals surface area contributed by atoms with Gasteiger partial charge in [0.1, 0.15) is 5.82 Å². The fraction of sp³-hybridized carbons (Fsp3) is 0.381. The Bertz CT molecular complexity index is 1050. The number of nitrogens with one attached hydrogen (secondary N) is 2. The average Bonchev–Trinajstić information content (AvgIpc) is 3.38. The van der Waals surface area contributed by atoms with Crippen molar-refractivity contribution in [2.45, 2.75) is 38.8 Å². The fourth-order valence-corrected chi connectivity index (χ4v) is 3.60. The Hall–Kier alpha value is -3.49. The molecule has 1 aliphatic heterocycles. The molecule has 0 unspecified atom stereocenters. The maximum absolute atomic E-state index is 12.6. The van der Waals surface area contributed by atoms with Crippen molar-refractivity contribution in [3.63, 3.8) is 0 Å². The molecule has 0 spiro atoms. The molecule has 1 atom stereocenters. The Morgan fingerprint density at radius 3 is 2.87 bits per heavy atom. The van der Waals surface area contributed by atoms with E-state index in [-0.39, 0.29) is 23.9 Å². The van der Waals surface area contributed by atoms with Crippen LogP contribution in [0, 0.1) is 0 Å². The van der Waals surface area contributed by atoms with Gasteiger partial charge in [0.2, 0.25) is 0 Å². The minimum atomic E-state index is -0.176. The van der Waals surface area contributed by atoms with Crippen molar-refractivity contribution in [3.05, 3.63) is 59.8 Å². The average molecular weight is 407 g/mol. The van der Waals surface area contributed by atoms with E-state index < -0.39 is 0 Å². The predicted octanol–water partition coefficient (Wildman–Crippen LogP) is 1.96. The van der Waals surface area contributed by atoms with Gasteiger partial charge in [-0.25, -0.2) is 4.79 Å². The van der Waals surface area contributed by atoms with E-state index in [9.17, 15) is 9.59 Å². The van der Waals surface area contributed by atoms with Crippen LogP contribution in [0.5, 0.6) is 0 Å². The summed E-state index contributed by atoms with van der Waals surface area (Å²) in [5.74, 6) is 0.670. The summed E-state index contributed by atoms with van der Waals surface area (Å²) in [6, 6.07) is 7.31. The van der Waals surface area contributed by atoms with Crippen LogP contribution in [0.2, 0.25) is 0 Å². The van der Waals surface area contributed by atoms with Crippen molar-refractivity contribution >= 4 is 17.6 Å². The first-order chi connectivity index (χ1) is 14.5. The third-order valence-corrected chi connectivity index (χ3v) is 5.12. The molecule has 3 amide bonds. The first kappa shape index (κ1) is 19.8. The third kappa shape index (κ3) is 4.24. The van der Waals surface area contributed by atoms with Crippen LogP contribution in [0.3, 0.4) is 0 Å². The number of carbonyl (C=O) groups excluding carboxylic acids is 2. The van der Waals surface area contributed by atoms with Crippen molar-refractivity contribution < 1.29 is 9.59 Å². The lowest BCUT2D eigenvalue weighted by molar-refractivity contribution is 0.0950. The zero-order valence-corrected chi connectivity index (χ0v) is 17.1. The Labute approximate surface area is 174 Å². The lowest BCUT2D eigenvalue weighted by Gasteiger charge is -2.18. The molecule has 156 valence electrons. The first-order valence-electron chi connectivity index (χ1n) is 10.1. The van der Waals surface area contributed by atoms with Crippen LogP contribution < -0.4 is 10.6 Å². The lowest BCUT2D eigenvalue weighted by atomic mass is 10.1. The van der Waals surface area contributed by atoms with Gasteiger partial charge >= 0.3 is 6.03 Å². The van der Waals surface area contributed by atoms with E-state index in [0.717, 1.165) is 17.8 Å². The Kier molecular flexibility index (Phi) is 5.60. The number of fused-ring (bicyclic) bond motifs is 1. The predicted molar refractivity (Wildman–Crippen MR) is 111 cm³/mol. The number of rotatable bonds is 5. The molecular weight excluding hydrogens is 382 g/mol. The Balaban J connectivity index is 1.48. The molecule has 0 bridgehead atoms. The molecule has 1 fully saturated rings. The van der Waals surface area contributed by atoms with E-state index in [2.05, 4.69) is 25.8 Å². The number of carbonyl (C=O) groups is 2. The van der Waals surface area contributed by atoms with Gasteiger partial charge in [0, 0.05) is 50.2 Å². The topological polar surface area (TPSA) is 105 Å². The van der Waals surface area contributed by atoms with Crippen LogP contribution in [0.4, 0.5) is 4.79 Å². The number of pyridine rings is 2. The molecule has 4 heterocycles. The summed E-state index contributed by atoms with van der Waals surface area (Å²) < 4.78 is 1.85. The van der Waals surface area contributed by atoms with Crippen molar-refractivity contribution in [2.75, 3.05) is 13.1 Å². The molecule has 1 aliphatic rings. The second kappa shape index (κ2) is 8.48. The van der Waals surface area contributed by atoms with E-state index in [4.69, 9.17) is 0 Å². The van der Waals surface area contributed by atoms with Gasteiger partial charge in [-0.2, -0.15) is 0 Å². The molecule has 30 heavy (non-hydrogen) atoms. The van der Waals surface area contributed by atoms with Gasteiger partial charge in [-0.1, -0.05) is 6.07 Å². The van der Waals surface area contributed by atoms with E-state index in [1.807, 2.05) is 30.4 Å². The zero-order valence-electron chi connectivity index (χ0n) is 17.1. The maximum Gasteiger partial charge on any atom is 0.317 e. The van der Waals surface area contributed by atoms with Gasteiger partial charge in [-0.05, 0) is 44.0 Å². The zero-order chi connectivity index (χ0) is 21.1. The summed E-state index contributed by atoms with van der Waals surface area (Å²) in [5.41, 5.74) is 2.14. The number of hydrogen-bond acceptors (Lipinski definition) is 5.